The fourth-order valence-corrected chi connectivity index (χ4v) is 3.28. The number of nitrogens with zero attached hydrogens (tertiary/aromatic N) is 6. The summed E-state index contributed by atoms with van der Waals surface area (Å²) in [6.07, 6.45) is -2.29. The van der Waals surface area contributed by atoms with Gasteiger partial charge in [-0.15, -0.1) is 0 Å². The second-order valence-electron chi connectivity index (χ2n) is 7.49. The molecule has 31 heavy (non-hydrogen) atoms. The normalized spacial score (nSPS) is 16.0. The molecule has 3 rings (SSSR count). The number of aliphatic carboxylic acids is 1. The largest absolute Gasteiger partial charge is 0.490 e. The first-order chi connectivity index (χ1) is 14.4. The summed E-state index contributed by atoms with van der Waals surface area (Å²) < 4.78 is 35.6. The summed E-state index contributed by atoms with van der Waals surface area (Å²) in [6.45, 7) is 6.89. The van der Waals surface area contributed by atoms with Crippen molar-refractivity contribution in [2.45, 2.75) is 45.6 Å². The van der Waals surface area contributed by atoms with Crippen molar-refractivity contribution < 1.29 is 27.9 Å². The van der Waals surface area contributed by atoms with Gasteiger partial charge in [-0.3, -0.25) is 14.2 Å². The molecule has 1 aliphatic rings. The maximum Gasteiger partial charge on any atom is 0.490 e. The molecule has 0 aromatic carbocycles. The van der Waals surface area contributed by atoms with Crippen molar-refractivity contribution in [2.75, 3.05) is 27.2 Å². The summed E-state index contributed by atoms with van der Waals surface area (Å²) >= 11 is 0. The Kier molecular flexibility index (Phi) is 7.82. The number of halogens is 3. The molecule has 0 aliphatic carbocycles. The summed E-state index contributed by atoms with van der Waals surface area (Å²) in [4.78, 5) is 26.0. The van der Waals surface area contributed by atoms with Crippen molar-refractivity contribution in [1.82, 2.24) is 29.4 Å². The van der Waals surface area contributed by atoms with Crippen molar-refractivity contribution in [2.24, 2.45) is 0 Å². The number of alkyl halides is 3. The first-order valence-corrected chi connectivity index (χ1v) is 9.75. The predicted octanol–water partition coefficient (Wildman–Crippen LogP) is 2.19. The molecule has 172 valence electrons. The van der Waals surface area contributed by atoms with E-state index >= 15 is 0 Å². The molecule has 1 aliphatic heterocycles. The molecule has 0 radical (unpaired) electrons. The van der Waals surface area contributed by atoms with Gasteiger partial charge < -0.3 is 14.9 Å². The Labute approximate surface area is 178 Å². The molecule has 0 saturated carbocycles. The average Bonchev–Trinajstić information content (AvgIpc) is 3.31. The standard InChI is InChI=1S/C17H26N6O.C2HF3O2/c1-5-22-16(10-13(2)19-22)17(24)21-11-14-6-8-18-23(14)15(12-21)7-9-20(3)4;3-2(4,5)1(6)7/h6,8,10,15H,5,7,9,11-12H2,1-4H3;(H,6,7). The van der Waals surface area contributed by atoms with E-state index in [1.807, 2.05) is 37.1 Å². The van der Waals surface area contributed by atoms with Gasteiger partial charge >= 0.3 is 12.1 Å². The quantitative estimate of drug-likeness (QED) is 0.760. The van der Waals surface area contributed by atoms with Gasteiger partial charge in [-0.25, -0.2) is 4.79 Å². The van der Waals surface area contributed by atoms with Crippen molar-refractivity contribution >= 4 is 11.9 Å². The Balaban J connectivity index is 0.000000423. The first-order valence-electron chi connectivity index (χ1n) is 9.75. The van der Waals surface area contributed by atoms with E-state index < -0.39 is 12.1 Å². The zero-order valence-corrected chi connectivity index (χ0v) is 17.9. The van der Waals surface area contributed by atoms with Crippen LogP contribution in [0.25, 0.3) is 0 Å². The number of carbonyl (C=O) groups excluding carboxylic acids is 1. The van der Waals surface area contributed by atoms with Crippen LogP contribution in [0.3, 0.4) is 0 Å². The van der Waals surface area contributed by atoms with Crippen molar-refractivity contribution in [3.63, 3.8) is 0 Å². The maximum atomic E-state index is 13.0. The first kappa shape index (κ1) is 24.4. The van der Waals surface area contributed by atoms with Gasteiger partial charge in [-0.1, -0.05) is 0 Å². The van der Waals surface area contributed by atoms with Gasteiger partial charge in [0.15, 0.2) is 0 Å². The third-order valence-electron chi connectivity index (χ3n) is 4.74. The Morgan fingerprint density at radius 1 is 1.32 bits per heavy atom. The van der Waals surface area contributed by atoms with Gasteiger partial charge in [0.1, 0.15) is 5.69 Å². The lowest BCUT2D eigenvalue weighted by Crippen LogP contribution is -2.42. The third-order valence-corrected chi connectivity index (χ3v) is 4.74. The highest BCUT2D eigenvalue weighted by molar-refractivity contribution is 5.92. The molecule has 1 amide bonds. The number of carboxylic acid groups (broad SMARTS) is 1. The number of carbonyl (C=O) groups is 2. The van der Waals surface area contributed by atoms with Gasteiger partial charge in [0.25, 0.3) is 5.91 Å². The number of amides is 1. The molecule has 0 fully saturated rings. The topological polar surface area (TPSA) is 96.5 Å². The van der Waals surface area contributed by atoms with E-state index in [1.165, 1.54) is 0 Å². The van der Waals surface area contributed by atoms with E-state index in [1.54, 1.807) is 4.68 Å². The third kappa shape index (κ3) is 6.29. The summed E-state index contributed by atoms with van der Waals surface area (Å²) in [6, 6.07) is 4.10. The Hall–Kier alpha value is -2.89. The van der Waals surface area contributed by atoms with E-state index in [4.69, 9.17) is 9.90 Å². The fourth-order valence-electron chi connectivity index (χ4n) is 3.28. The molecule has 1 N–H and O–H groups in total. The number of aromatic nitrogens is 4. The Morgan fingerprint density at radius 2 is 1.97 bits per heavy atom. The SMILES string of the molecule is CCn1nc(C)cc1C(=O)N1Cc2ccnn2C(CCN(C)C)C1.O=C(O)C(F)(F)F. The van der Waals surface area contributed by atoms with Crippen molar-refractivity contribution in [3.8, 4) is 0 Å². The van der Waals surface area contributed by atoms with Gasteiger partial charge in [0.2, 0.25) is 0 Å². The van der Waals surface area contributed by atoms with E-state index in [0.717, 1.165) is 24.4 Å². The summed E-state index contributed by atoms with van der Waals surface area (Å²) in [7, 11) is 4.14. The molecule has 9 nitrogen and oxygen atoms in total. The number of fused-ring (bicyclic) bond motifs is 1. The van der Waals surface area contributed by atoms with Crippen LogP contribution in [0, 0.1) is 6.92 Å². The van der Waals surface area contributed by atoms with Crippen LogP contribution in [0.15, 0.2) is 18.3 Å². The van der Waals surface area contributed by atoms with E-state index in [-0.39, 0.29) is 11.9 Å². The lowest BCUT2D eigenvalue weighted by atomic mass is 10.1. The lowest BCUT2D eigenvalue weighted by Gasteiger charge is -2.34. The van der Waals surface area contributed by atoms with Crippen LogP contribution in [-0.4, -0.2) is 79.7 Å². The van der Waals surface area contributed by atoms with Crippen LogP contribution in [0.2, 0.25) is 0 Å². The van der Waals surface area contributed by atoms with Crippen LogP contribution < -0.4 is 0 Å². The number of carboxylic acids is 1. The highest BCUT2D eigenvalue weighted by Gasteiger charge is 2.38. The van der Waals surface area contributed by atoms with Crippen molar-refractivity contribution in [1.29, 1.82) is 0 Å². The zero-order valence-electron chi connectivity index (χ0n) is 17.9. The van der Waals surface area contributed by atoms with E-state index in [0.29, 0.717) is 25.3 Å². The Morgan fingerprint density at radius 3 is 2.52 bits per heavy atom. The molecule has 12 heteroatoms. The minimum atomic E-state index is -5.08. The fraction of sp³-hybridized carbons (Fsp3) is 0.579. The molecule has 3 heterocycles. The Bertz CT molecular complexity index is 906. The molecule has 0 saturated heterocycles. The molecule has 2 aromatic rings. The number of hydrogen-bond acceptors (Lipinski definition) is 5. The second-order valence-corrected chi connectivity index (χ2v) is 7.49. The van der Waals surface area contributed by atoms with Crippen LogP contribution in [0.5, 0.6) is 0 Å². The van der Waals surface area contributed by atoms with Crippen LogP contribution in [-0.2, 0) is 17.9 Å². The molecular formula is C19H27F3N6O3. The summed E-state index contributed by atoms with van der Waals surface area (Å²) in [5, 5.41) is 16.0. The molecular weight excluding hydrogens is 417 g/mol. The lowest BCUT2D eigenvalue weighted by molar-refractivity contribution is -0.192. The second kappa shape index (κ2) is 9.94. The zero-order chi connectivity index (χ0) is 23.3. The summed E-state index contributed by atoms with van der Waals surface area (Å²) in [5.41, 5.74) is 2.65. The van der Waals surface area contributed by atoms with Gasteiger partial charge in [-0.2, -0.15) is 23.4 Å². The molecule has 1 unspecified atom stereocenters. The monoisotopic (exact) mass is 444 g/mol. The van der Waals surface area contributed by atoms with Crippen LogP contribution >= 0.6 is 0 Å². The highest BCUT2D eigenvalue weighted by Crippen LogP contribution is 2.24. The minimum absolute atomic E-state index is 0.0553. The molecule has 1 atom stereocenters. The molecule has 0 spiro atoms. The van der Waals surface area contributed by atoms with Crippen LogP contribution in [0.4, 0.5) is 13.2 Å². The van der Waals surface area contributed by atoms with Gasteiger partial charge in [0.05, 0.1) is 24.0 Å². The predicted molar refractivity (Wildman–Crippen MR) is 106 cm³/mol. The van der Waals surface area contributed by atoms with Crippen molar-refractivity contribution in [3.05, 3.63) is 35.4 Å². The summed E-state index contributed by atoms with van der Waals surface area (Å²) in [5.74, 6) is -2.70. The van der Waals surface area contributed by atoms with E-state index in [9.17, 15) is 18.0 Å². The van der Waals surface area contributed by atoms with Gasteiger partial charge in [0, 0.05) is 19.3 Å². The highest BCUT2D eigenvalue weighted by atomic mass is 19.4. The number of aryl methyl sites for hydroxylation is 2. The number of rotatable bonds is 5. The van der Waals surface area contributed by atoms with Gasteiger partial charge in [-0.05, 0) is 53.0 Å². The molecule has 0 bridgehead atoms. The number of hydrogen-bond donors (Lipinski definition) is 1. The maximum absolute atomic E-state index is 13.0. The minimum Gasteiger partial charge on any atom is -0.475 e. The smallest absolute Gasteiger partial charge is 0.475 e. The molecule has 2 aromatic heterocycles. The van der Waals surface area contributed by atoms with E-state index in [2.05, 4.69) is 33.9 Å². The average molecular weight is 444 g/mol. The van der Waals surface area contributed by atoms with Crippen LogP contribution in [0.1, 0.15) is 41.3 Å².